The van der Waals surface area contributed by atoms with Crippen molar-refractivity contribution in [2.24, 2.45) is 0 Å². The van der Waals surface area contributed by atoms with Gasteiger partial charge < -0.3 is 4.74 Å². The number of nitrogens with zero attached hydrogens (tertiary/aromatic N) is 3. The van der Waals surface area contributed by atoms with Crippen LogP contribution in [-0.4, -0.2) is 33.1 Å². The van der Waals surface area contributed by atoms with Gasteiger partial charge in [-0.2, -0.15) is 0 Å². The summed E-state index contributed by atoms with van der Waals surface area (Å²) in [5.41, 5.74) is 3.90. The first-order chi connectivity index (χ1) is 17.6. The van der Waals surface area contributed by atoms with Gasteiger partial charge in [0.25, 0.3) is 5.82 Å². The first-order valence-corrected chi connectivity index (χ1v) is 11.6. The van der Waals surface area contributed by atoms with Crippen molar-refractivity contribution in [2.75, 3.05) is 6.61 Å². The van der Waals surface area contributed by atoms with Crippen LogP contribution < -0.4 is 0 Å². The van der Waals surface area contributed by atoms with Gasteiger partial charge in [0, 0.05) is 16.1 Å². The zero-order valence-electron chi connectivity index (χ0n) is 19.0. The van der Waals surface area contributed by atoms with E-state index >= 15 is 0 Å². The fourth-order valence-electron chi connectivity index (χ4n) is 3.72. The molecule has 5 rings (SSSR count). The lowest BCUT2D eigenvalue weighted by atomic mass is 10.0. The average molecular weight is 494 g/mol. The van der Waals surface area contributed by atoms with Gasteiger partial charge in [0.15, 0.2) is 18.2 Å². The highest BCUT2D eigenvalue weighted by Gasteiger charge is 2.21. The molecule has 0 fully saturated rings. The lowest BCUT2D eigenvalue weighted by molar-refractivity contribution is 0.0462. The molecule has 0 saturated heterocycles. The number of halogens is 1. The normalized spacial score (nSPS) is 10.7. The number of esters is 1. The van der Waals surface area contributed by atoms with Crippen molar-refractivity contribution >= 4 is 23.4 Å². The summed E-state index contributed by atoms with van der Waals surface area (Å²) < 4.78 is 6.82. The Morgan fingerprint density at radius 2 is 1.39 bits per heavy atom. The maximum atomic E-state index is 12.8. The predicted octanol–water partition coefficient (Wildman–Crippen LogP) is 6.29. The molecule has 0 saturated carbocycles. The van der Waals surface area contributed by atoms with E-state index < -0.39 is 12.6 Å². The third kappa shape index (κ3) is 5.09. The molecule has 1 heterocycles. The monoisotopic (exact) mass is 493 g/mol. The number of aromatic nitrogens is 3. The van der Waals surface area contributed by atoms with Crippen LogP contribution in [0, 0.1) is 0 Å². The van der Waals surface area contributed by atoms with Crippen molar-refractivity contribution in [3.05, 3.63) is 126 Å². The van der Waals surface area contributed by atoms with Crippen LogP contribution in [-0.2, 0) is 4.74 Å². The number of ether oxygens (including phenoxy) is 1. The standard InChI is InChI=1S/C29H20ClN3O3/c30-24-11-7-10-23(18-24)28-31-27(32-33(28)25-12-5-2-6-13-25)29(35)36-19-26(34)22-16-14-21(15-17-22)20-8-3-1-4-9-20/h1-18H,19H2. The molecule has 0 aliphatic carbocycles. The molecule has 0 radical (unpaired) electrons. The molecule has 0 N–H and O–H groups in total. The first kappa shape index (κ1) is 23.2. The third-order valence-corrected chi connectivity index (χ3v) is 5.76. The van der Waals surface area contributed by atoms with Crippen molar-refractivity contribution in [3.8, 4) is 28.2 Å². The molecule has 176 valence electrons. The number of carbonyl (C=O) groups is 2. The summed E-state index contributed by atoms with van der Waals surface area (Å²) in [6.45, 7) is -0.421. The highest BCUT2D eigenvalue weighted by atomic mass is 35.5. The van der Waals surface area contributed by atoms with Gasteiger partial charge >= 0.3 is 5.97 Å². The van der Waals surface area contributed by atoms with E-state index in [0.717, 1.165) is 11.1 Å². The van der Waals surface area contributed by atoms with E-state index in [0.29, 0.717) is 27.7 Å². The van der Waals surface area contributed by atoms with E-state index in [2.05, 4.69) is 10.1 Å². The van der Waals surface area contributed by atoms with Crippen LogP contribution in [0.5, 0.6) is 0 Å². The molecule has 0 unspecified atom stereocenters. The Kier molecular flexibility index (Phi) is 6.69. The second-order valence-corrected chi connectivity index (χ2v) is 8.40. The molecule has 4 aromatic carbocycles. The molecular formula is C29H20ClN3O3. The Balaban J connectivity index is 1.33. The van der Waals surface area contributed by atoms with Crippen LogP contribution in [0.3, 0.4) is 0 Å². The maximum absolute atomic E-state index is 12.8. The Hall–Kier alpha value is -4.55. The molecule has 1 aromatic heterocycles. The van der Waals surface area contributed by atoms with E-state index in [1.54, 1.807) is 35.0 Å². The SMILES string of the molecule is O=C(COC(=O)c1nc(-c2cccc(Cl)c2)n(-c2ccccc2)n1)c1ccc(-c2ccccc2)cc1. The van der Waals surface area contributed by atoms with Crippen molar-refractivity contribution in [1.29, 1.82) is 0 Å². The van der Waals surface area contributed by atoms with Crippen LogP contribution in [0.2, 0.25) is 5.02 Å². The Morgan fingerprint density at radius 3 is 2.08 bits per heavy atom. The van der Waals surface area contributed by atoms with E-state index in [4.69, 9.17) is 16.3 Å². The van der Waals surface area contributed by atoms with Crippen LogP contribution in [0.4, 0.5) is 0 Å². The van der Waals surface area contributed by atoms with Crippen LogP contribution >= 0.6 is 11.6 Å². The Labute approximate surface area is 212 Å². The molecule has 0 aliphatic rings. The number of carbonyl (C=O) groups excluding carboxylic acids is 2. The summed E-state index contributed by atoms with van der Waals surface area (Å²) in [6.07, 6.45) is 0. The summed E-state index contributed by atoms with van der Waals surface area (Å²) >= 11 is 6.16. The van der Waals surface area contributed by atoms with Crippen LogP contribution in [0.15, 0.2) is 109 Å². The predicted molar refractivity (Wildman–Crippen MR) is 138 cm³/mol. The third-order valence-electron chi connectivity index (χ3n) is 5.52. The Bertz CT molecular complexity index is 1510. The summed E-state index contributed by atoms with van der Waals surface area (Å²) in [6, 6.07) is 33.4. The van der Waals surface area contributed by atoms with Crippen molar-refractivity contribution in [1.82, 2.24) is 14.8 Å². The molecule has 0 aliphatic heterocycles. The quantitative estimate of drug-likeness (QED) is 0.196. The largest absolute Gasteiger partial charge is 0.451 e. The van der Waals surface area contributed by atoms with Gasteiger partial charge in [-0.3, -0.25) is 4.79 Å². The van der Waals surface area contributed by atoms with Crippen molar-refractivity contribution in [2.45, 2.75) is 0 Å². The molecule has 5 aromatic rings. The molecule has 0 amide bonds. The molecule has 0 bridgehead atoms. The van der Waals surface area contributed by atoms with Gasteiger partial charge in [-0.05, 0) is 35.4 Å². The number of hydrogen-bond donors (Lipinski definition) is 0. The minimum Gasteiger partial charge on any atom is -0.451 e. The first-order valence-electron chi connectivity index (χ1n) is 11.2. The molecule has 0 atom stereocenters. The van der Waals surface area contributed by atoms with Gasteiger partial charge in [0.1, 0.15) is 0 Å². The fraction of sp³-hybridized carbons (Fsp3) is 0.0345. The van der Waals surface area contributed by atoms with Crippen molar-refractivity contribution in [3.63, 3.8) is 0 Å². The van der Waals surface area contributed by atoms with Gasteiger partial charge in [-0.15, -0.1) is 5.10 Å². The topological polar surface area (TPSA) is 74.1 Å². The smallest absolute Gasteiger partial charge is 0.378 e. The van der Waals surface area contributed by atoms with E-state index in [9.17, 15) is 9.59 Å². The lowest BCUT2D eigenvalue weighted by Gasteiger charge is -2.05. The van der Waals surface area contributed by atoms with Gasteiger partial charge in [-0.25, -0.2) is 14.5 Å². The number of benzene rings is 4. The fourth-order valence-corrected chi connectivity index (χ4v) is 3.91. The van der Waals surface area contributed by atoms with Crippen LogP contribution in [0.25, 0.3) is 28.2 Å². The van der Waals surface area contributed by atoms with E-state index in [1.807, 2.05) is 78.9 Å². The minimum atomic E-state index is -0.790. The number of rotatable bonds is 7. The van der Waals surface area contributed by atoms with Gasteiger partial charge in [0.2, 0.25) is 0 Å². The molecule has 6 nitrogen and oxygen atoms in total. The van der Waals surface area contributed by atoms with Gasteiger partial charge in [-0.1, -0.05) is 96.5 Å². The maximum Gasteiger partial charge on any atom is 0.378 e. The lowest BCUT2D eigenvalue weighted by Crippen LogP contribution is -2.15. The zero-order valence-corrected chi connectivity index (χ0v) is 19.8. The molecule has 0 spiro atoms. The number of hydrogen-bond acceptors (Lipinski definition) is 5. The highest BCUT2D eigenvalue weighted by molar-refractivity contribution is 6.30. The second kappa shape index (κ2) is 10.4. The number of para-hydroxylation sites is 1. The van der Waals surface area contributed by atoms with Gasteiger partial charge in [0.05, 0.1) is 5.69 Å². The minimum absolute atomic E-state index is 0.152. The zero-order chi connectivity index (χ0) is 24.9. The van der Waals surface area contributed by atoms with E-state index in [-0.39, 0.29) is 11.6 Å². The second-order valence-electron chi connectivity index (χ2n) is 7.96. The molecule has 7 heteroatoms. The average Bonchev–Trinajstić information content (AvgIpc) is 3.38. The Morgan fingerprint density at radius 1 is 0.750 bits per heavy atom. The van der Waals surface area contributed by atoms with Crippen LogP contribution in [0.1, 0.15) is 21.0 Å². The number of Topliss-reactive ketones (excluding diaryl/α,β-unsaturated/α-hetero) is 1. The number of ketones is 1. The molecular weight excluding hydrogens is 474 g/mol. The molecule has 36 heavy (non-hydrogen) atoms. The summed E-state index contributed by atoms with van der Waals surface area (Å²) in [4.78, 5) is 29.8. The summed E-state index contributed by atoms with van der Waals surface area (Å²) in [5, 5.41) is 4.89. The van der Waals surface area contributed by atoms with E-state index in [1.165, 1.54) is 0 Å². The van der Waals surface area contributed by atoms with Crippen molar-refractivity contribution < 1.29 is 14.3 Å². The summed E-state index contributed by atoms with van der Waals surface area (Å²) in [5.74, 6) is -0.831. The summed E-state index contributed by atoms with van der Waals surface area (Å²) in [7, 11) is 0. The highest BCUT2D eigenvalue weighted by Crippen LogP contribution is 2.24.